The van der Waals surface area contributed by atoms with Crippen LogP contribution in [0.25, 0.3) is 0 Å². The van der Waals surface area contributed by atoms with Crippen LogP contribution in [0.5, 0.6) is 0 Å². The first-order valence-corrected chi connectivity index (χ1v) is 11.3. The molecule has 4 rings (SSSR count). The van der Waals surface area contributed by atoms with Crippen molar-refractivity contribution >= 4 is 11.6 Å². The van der Waals surface area contributed by atoms with Gasteiger partial charge in [0.05, 0.1) is 0 Å². The van der Waals surface area contributed by atoms with Crippen LogP contribution in [0.1, 0.15) is 24.8 Å². The van der Waals surface area contributed by atoms with Crippen LogP contribution in [-0.2, 0) is 6.54 Å². The summed E-state index contributed by atoms with van der Waals surface area (Å²) in [6.07, 6.45) is 3.76. The fraction of sp³-hybridized carbons (Fsp3) is 0.480. The van der Waals surface area contributed by atoms with E-state index in [0.717, 1.165) is 38.7 Å². The normalized spacial score (nSPS) is 22.4. The molecule has 2 atom stereocenters. The van der Waals surface area contributed by atoms with Gasteiger partial charge in [-0.2, -0.15) is 0 Å². The number of nitrogens with zero attached hydrogens (tertiary/aromatic N) is 3. The van der Waals surface area contributed by atoms with Gasteiger partial charge >= 0.3 is 0 Å². The highest BCUT2D eigenvalue weighted by Gasteiger charge is 2.25. The zero-order chi connectivity index (χ0) is 20.6. The summed E-state index contributed by atoms with van der Waals surface area (Å²) in [5.41, 5.74) is 2.73. The van der Waals surface area contributed by atoms with E-state index < -0.39 is 0 Å². The van der Waals surface area contributed by atoms with Gasteiger partial charge in [-0.05, 0) is 49.4 Å². The van der Waals surface area contributed by atoms with Crippen molar-refractivity contribution in [2.75, 3.05) is 44.7 Å². The summed E-state index contributed by atoms with van der Waals surface area (Å²) in [6.45, 7) is 6.40. The molecule has 0 amide bonds. The summed E-state index contributed by atoms with van der Waals surface area (Å²) >= 11 is 0. The van der Waals surface area contributed by atoms with Crippen molar-refractivity contribution in [1.29, 1.82) is 0 Å². The lowest BCUT2D eigenvalue weighted by Crippen LogP contribution is -2.45. The molecule has 160 valence electrons. The van der Waals surface area contributed by atoms with Crippen LogP contribution < -0.4 is 15.5 Å². The van der Waals surface area contributed by atoms with E-state index in [0.29, 0.717) is 12.0 Å². The zero-order valence-corrected chi connectivity index (χ0v) is 18.1. The molecule has 2 aromatic carbocycles. The minimum absolute atomic E-state index is 0.573. The molecule has 2 aromatic rings. The SMILES string of the molecule is CN=C(NCC1CCN(c2ccccc2)C1)NCC1CCCN1Cc1ccccc1. The van der Waals surface area contributed by atoms with Crippen LogP contribution in [-0.4, -0.2) is 56.7 Å². The highest BCUT2D eigenvalue weighted by molar-refractivity contribution is 5.79. The highest BCUT2D eigenvalue weighted by atomic mass is 15.2. The Bertz CT molecular complexity index is 792. The molecule has 2 aliphatic heterocycles. The Morgan fingerprint density at radius 3 is 2.43 bits per heavy atom. The quantitative estimate of drug-likeness (QED) is 0.548. The molecule has 0 bridgehead atoms. The van der Waals surface area contributed by atoms with Crippen molar-refractivity contribution in [3.63, 3.8) is 0 Å². The Labute approximate surface area is 181 Å². The van der Waals surface area contributed by atoms with E-state index in [1.54, 1.807) is 0 Å². The molecule has 0 saturated carbocycles. The number of aliphatic imine (C=N–C) groups is 1. The number of nitrogens with one attached hydrogen (secondary N) is 2. The summed E-state index contributed by atoms with van der Waals surface area (Å²) in [7, 11) is 1.87. The third-order valence-corrected chi connectivity index (χ3v) is 6.42. The topological polar surface area (TPSA) is 42.9 Å². The summed E-state index contributed by atoms with van der Waals surface area (Å²) in [5.74, 6) is 1.59. The number of guanidine groups is 1. The Hall–Kier alpha value is -2.53. The predicted octanol–water partition coefficient (Wildman–Crippen LogP) is 3.34. The molecule has 2 fully saturated rings. The number of likely N-dealkylation sites (tertiary alicyclic amines) is 1. The molecule has 2 aliphatic rings. The molecule has 0 spiro atoms. The van der Waals surface area contributed by atoms with Gasteiger partial charge < -0.3 is 15.5 Å². The van der Waals surface area contributed by atoms with Crippen molar-refractivity contribution in [1.82, 2.24) is 15.5 Å². The van der Waals surface area contributed by atoms with E-state index >= 15 is 0 Å². The first kappa shape index (κ1) is 20.7. The van der Waals surface area contributed by atoms with Gasteiger partial charge in [0.15, 0.2) is 5.96 Å². The van der Waals surface area contributed by atoms with E-state index in [-0.39, 0.29) is 0 Å². The fourth-order valence-electron chi connectivity index (χ4n) is 4.70. The third-order valence-electron chi connectivity index (χ3n) is 6.42. The zero-order valence-electron chi connectivity index (χ0n) is 18.1. The molecule has 5 nitrogen and oxygen atoms in total. The maximum Gasteiger partial charge on any atom is 0.191 e. The molecule has 0 aromatic heterocycles. The molecule has 0 radical (unpaired) electrons. The van der Waals surface area contributed by atoms with E-state index in [1.165, 1.54) is 37.1 Å². The second-order valence-corrected chi connectivity index (χ2v) is 8.52. The molecular weight excluding hydrogens is 370 g/mol. The third kappa shape index (κ3) is 5.54. The van der Waals surface area contributed by atoms with Gasteiger partial charge in [-0.15, -0.1) is 0 Å². The second kappa shape index (κ2) is 10.5. The van der Waals surface area contributed by atoms with Crippen LogP contribution in [0.15, 0.2) is 65.7 Å². The van der Waals surface area contributed by atoms with Gasteiger partial charge in [0.2, 0.25) is 0 Å². The number of rotatable bonds is 7. The van der Waals surface area contributed by atoms with Gasteiger partial charge in [-0.3, -0.25) is 9.89 Å². The first-order chi connectivity index (χ1) is 14.8. The van der Waals surface area contributed by atoms with Crippen LogP contribution in [0, 0.1) is 5.92 Å². The molecule has 2 saturated heterocycles. The van der Waals surface area contributed by atoms with Gasteiger partial charge in [0.1, 0.15) is 0 Å². The van der Waals surface area contributed by atoms with Gasteiger partial charge in [0.25, 0.3) is 0 Å². The van der Waals surface area contributed by atoms with Crippen molar-refractivity contribution in [2.24, 2.45) is 10.9 Å². The highest BCUT2D eigenvalue weighted by Crippen LogP contribution is 2.23. The summed E-state index contributed by atoms with van der Waals surface area (Å²) < 4.78 is 0. The van der Waals surface area contributed by atoms with E-state index in [4.69, 9.17) is 0 Å². The summed E-state index contributed by atoms with van der Waals surface area (Å²) in [4.78, 5) is 9.55. The minimum atomic E-state index is 0.573. The molecule has 2 N–H and O–H groups in total. The van der Waals surface area contributed by atoms with Crippen molar-refractivity contribution in [3.8, 4) is 0 Å². The van der Waals surface area contributed by atoms with Crippen molar-refractivity contribution in [2.45, 2.75) is 31.8 Å². The molecular formula is C25H35N5. The Balaban J connectivity index is 1.20. The largest absolute Gasteiger partial charge is 0.371 e. The van der Waals surface area contributed by atoms with Gasteiger partial charge in [-0.25, -0.2) is 0 Å². The Kier molecular flexibility index (Phi) is 7.25. The van der Waals surface area contributed by atoms with E-state index in [2.05, 4.69) is 86.1 Å². The monoisotopic (exact) mass is 405 g/mol. The van der Waals surface area contributed by atoms with Crippen molar-refractivity contribution in [3.05, 3.63) is 66.2 Å². The standard InChI is InChI=1S/C25H35N5/c1-26-25(27-17-22-14-16-30(20-22)23-11-6-3-7-12-23)28-18-24-13-8-15-29(24)19-21-9-4-2-5-10-21/h2-7,9-12,22,24H,8,13-20H2,1H3,(H2,26,27,28). The smallest absolute Gasteiger partial charge is 0.191 e. The average molecular weight is 406 g/mol. The molecule has 30 heavy (non-hydrogen) atoms. The van der Waals surface area contributed by atoms with E-state index in [9.17, 15) is 0 Å². The van der Waals surface area contributed by atoms with Crippen LogP contribution >= 0.6 is 0 Å². The van der Waals surface area contributed by atoms with Gasteiger partial charge in [-0.1, -0.05) is 48.5 Å². The first-order valence-electron chi connectivity index (χ1n) is 11.3. The lowest BCUT2D eigenvalue weighted by Gasteiger charge is -2.26. The molecule has 2 heterocycles. The molecule has 5 heteroatoms. The maximum absolute atomic E-state index is 4.46. The Morgan fingerprint density at radius 1 is 0.933 bits per heavy atom. The lowest BCUT2D eigenvalue weighted by molar-refractivity contribution is 0.245. The maximum atomic E-state index is 4.46. The number of hydrogen-bond acceptors (Lipinski definition) is 3. The number of benzene rings is 2. The number of para-hydroxylation sites is 1. The van der Waals surface area contributed by atoms with E-state index in [1.807, 2.05) is 7.05 Å². The predicted molar refractivity (Wildman–Crippen MR) is 126 cm³/mol. The average Bonchev–Trinajstić information content (AvgIpc) is 3.45. The van der Waals surface area contributed by atoms with Crippen LogP contribution in [0.2, 0.25) is 0 Å². The summed E-state index contributed by atoms with van der Waals surface area (Å²) in [5, 5.41) is 7.14. The van der Waals surface area contributed by atoms with Crippen LogP contribution in [0.3, 0.4) is 0 Å². The summed E-state index contributed by atoms with van der Waals surface area (Å²) in [6, 6.07) is 22.1. The minimum Gasteiger partial charge on any atom is -0.371 e. The van der Waals surface area contributed by atoms with Crippen molar-refractivity contribution < 1.29 is 0 Å². The fourth-order valence-corrected chi connectivity index (χ4v) is 4.70. The number of hydrogen-bond donors (Lipinski definition) is 2. The second-order valence-electron chi connectivity index (χ2n) is 8.52. The molecule has 0 aliphatic carbocycles. The Morgan fingerprint density at radius 2 is 1.67 bits per heavy atom. The van der Waals surface area contributed by atoms with Crippen LogP contribution in [0.4, 0.5) is 5.69 Å². The van der Waals surface area contributed by atoms with Gasteiger partial charge in [0, 0.05) is 51.5 Å². The molecule has 2 unspecified atom stereocenters. The number of anilines is 1. The lowest BCUT2D eigenvalue weighted by atomic mass is 10.1.